The molecule has 2 saturated heterocycles. The summed E-state index contributed by atoms with van der Waals surface area (Å²) in [5, 5.41) is 70.5. The van der Waals surface area contributed by atoms with Gasteiger partial charge in [0.25, 0.3) is 0 Å². The average molecular weight is 481 g/mol. The molecule has 0 aromatic rings. The van der Waals surface area contributed by atoms with E-state index in [9.17, 15) is 35.7 Å². The second-order valence-electron chi connectivity index (χ2n) is 10.0. The average Bonchev–Trinajstić information content (AvgIpc) is 2.78. The molecule has 0 aromatic carbocycles. The summed E-state index contributed by atoms with van der Waals surface area (Å²) in [6, 6.07) is 0. The Labute approximate surface area is 193 Å². The van der Waals surface area contributed by atoms with Gasteiger partial charge in [0.2, 0.25) is 0 Å². The molecule has 2 heterocycles. The van der Waals surface area contributed by atoms with E-state index in [1.54, 1.807) is 0 Å². The summed E-state index contributed by atoms with van der Waals surface area (Å²) in [7, 11) is 0. The molecule has 3 aliphatic rings. The van der Waals surface area contributed by atoms with Gasteiger partial charge in [-0.2, -0.15) is 0 Å². The Morgan fingerprint density at radius 2 is 1.36 bits per heavy atom. The van der Waals surface area contributed by atoms with Crippen molar-refractivity contribution in [2.45, 2.75) is 108 Å². The maximum Gasteiger partial charge on any atom is 0.186 e. The zero-order valence-electron chi connectivity index (χ0n) is 19.4. The third-order valence-corrected chi connectivity index (χ3v) is 7.21. The van der Waals surface area contributed by atoms with Crippen LogP contribution in [0, 0.1) is 17.8 Å². The first-order valence-corrected chi connectivity index (χ1v) is 11.8. The SMILES string of the molecule is CC(C)[C@H]1CC[C@H](C)C[C@@H]1O[C@@H]1O[C@H](CO[C@@H]2O[C@H](CO)[C@@H](O)[C@H](O)[C@H]2O)[C@@H](O)[C@H](O)[C@H]1O. The van der Waals surface area contributed by atoms with E-state index in [-0.39, 0.29) is 18.6 Å². The summed E-state index contributed by atoms with van der Waals surface area (Å²) in [5.41, 5.74) is 0. The van der Waals surface area contributed by atoms with Crippen LogP contribution in [-0.2, 0) is 18.9 Å². The van der Waals surface area contributed by atoms with Crippen LogP contribution in [0.2, 0.25) is 0 Å². The lowest BCUT2D eigenvalue weighted by atomic mass is 9.75. The molecule has 1 aliphatic carbocycles. The van der Waals surface area contributed by atoms with E-state index in [2.05, 4.69) is 20.8 Å². The number of ether oxygens (including phenoxy) is 4. The van der Waals surface area contributed by atoms with Crippen molar-refractivity contribution in [2.75, 3.05) is 13.2 Å². The largest absolute Gasteiger partial charge is 0.394 e. The third-order valence-electron chi connectivity index (χ3n) is 7.21. The summed E-state index contributed by atoms with van der Waals surface area (Å²) in [6.45, 7) is 5.39. The normalized spacial score (nSPS) is 49.4. The lowest BCUT2D eigenvalue weighted by Gasteiger charge is -2.45. The van der Waals surface area contributed by atoms with Gasteiger partial charge >= 0.3 is 0 Å². The van der Waals surface area contributed by atoms with Gasteiger partial charge in [-0.1, -0.05) is 27.2 Å². The minimum absolute atomic E-state index is 0.178. The van der Waals surface area contributed by atoms with Crippen LogP contribution < -0.4 is 0 Å². The smallest absolute Gasteiger partial charge is 0.186 e. The lowest BCUT2D eigenvalue weighted by molar-refractivity contribution is -0.339. The van der Waals surface area contributed by atoms with Crippen LogP contribution >= 0.6 is 0 Å². The molecule has 0 unspecified atom stereocenters. The molecule has 0 amide bonds. The van der Waals surface area contributed by atoms with Crippen LogP contribution in [0.4, 0.5) is 0 Å². The molecule has 2 aliphatic heterocycles. The Bertz CT molecular complexity index is 605. The van der Waals surface area contributed by atoms with Gasteiger partial charge < -0.3 is 54.7 Å². The number of aliphatic hydroxyl groups is 7. The maximum atomic E-state index is 10.5. The highest BCUT2D eigenvalue weighted by molar-refractivity contribution is 4.92. The maximum absolute atomic E-state index is 10.5. The fourth-order valence-electron chi connectivity index (χ4n) is 5.00. The Kier molecular flexibility index (Phi) is 9.49. The summed E-state index contributed by atoms with van der Waals surface area (Å²) in [4.78, 5) is 0. The Hall–Kier alpha value is -0.440. The van der Waals surface area contributed by atoms with Gasteiger partial charge in [-0.3, -0.25) is 0 Å². The lowest BCUT2D eigenvalue weighted by Crippen LogP contribution is -2.62. The van der Waals surface area contributed by atoms with Crippen molar-refractivity contribution in [3.63, 3.8) is 0 Å². The number of hydrogen-bond donors (Lipinski definition) is 7. The third kappa shape index (κ3) is 6.04. The quantitative estimate of drug-likeness (QED) is 0.216. The van der Waals surface area contributed by atoms with E-state index < -0.39 is 68.0 Å². The van der Waals surface area contributed by atoms with Gasteiger partial charge in [-0.15, -0.1) is 0 Å². The Morgan fingerprint density at radius 1 is 0.788 bits per heavy atom. The predicted octanol–water partition coefficient (Wildman–Crippen LogP) is -1.91. The second kappa shape index (κ2) is 11.5. The minimum atomic E-state index is -1.61. The summed E-state index contributed by atoms with van der Waals surface area (Å²) in [6.07, 6.45) is -11.4. The van der Waals surface area contributed by atoms with Gasteiger partial charge in [0, 0.05) is 0 Å². The molecule has 33 heavy (non-hydrogen) atoms. The Balaban J connectivity index is 1.64. The monoisotopic (exact) mass is 480 g/mol. The van der Waals surface area contributed by atoms with Crippen LogP contribution in [0.1, 0.15) is 40.0 Å². The van der Waals surface area contributed by atoms with Crippen molar-refractivity contribution in [1.29, 1.82) is 0 Å². The van der Waals surface area contributed by atoms with E-state index in [0.717, 1.165) is 19.3 Å². The standard InChI is InChI=1S/C22H40O11/c1-9(2)11-5-4-10(3)6-12(11)31-22-20(29)18(27)16(25)14(33-22)8-30-21-19(28)17(26)15(24)13(7-23)32-21/h9-29H,4-8H2,1-3H3/t10-,11+,12-,13+,14+,15+,16+,17-,18-,19+,20+,21+,22+/m0/s1. The highest BCUT2D eigenvalue weighted by Crippen LogP contribution is 2.37. The van der Waals surface area contributed by atoms with Crippen molar-refractivity contribution in [2.24, 2.45) is 17.8 Å². The molecule has 3 fully saturated rings. The molecule has 194 valence electrons. The fraction of sp³-hybridized carbons (Fsp3) is 1.00. The number of rotatable bonds is 7. The van der Waals surface area contributed by atoms with Gasteiger partial charge in [0.1, 0.15) is 48.8 Å². The molecular weight excluding hydrogens is 440 g/mol. The minimum Gasteiger partial charge on any atom is -0.394 e. The highest BCUT2D eigenvalue weighted by atomic mass is 16.7. The molecule has 0 bridgehead atoms. The van der Waals surface area contributed by atoms with Gasteiger partial charge in [0.05, 0.1) is 19.3 Å². The van der Waals surface area contributed by atoms with Crippen molar-refractivity contribution in [3.8, 4) is 0 Å². The molecule has 3 rings (SSSR count). The molecule has 7 N–H and O–H groups in total. The molecule has 1 saturated carbocycles. The zero-order chi connectivity index (χ0) is 24.4. The molecule has 13 atom stereocenters. The highest BCUT2D eigenvalue weighted by Gasteiger charge is 2.48. The topological polar surface area (TPSA) is 179 Å². The molecular formula is C22H40O11. The zero-order valence-corrected chi connectivity index (χ0v) is 19.4. The molecule has 0 aromatic heterocycles. The van der Waals surface area contributed by atoms with E-state index in [1.807, 2.05) is 0 Å². The Morgan fingerprint density at radius 3 is 1.97 bits per heavy atom. The summed E-state index contributed by atoms with van der Waals surface area (Å²) in [5.74, 6) is 1.08. The van der Waals surface area contributed by atoms with Gasteiger partial charge in [0.15, 0.2) is 12.6 Å². The summed E-state index contributed by atoms with van der Waals surface area (Å²) < 4.78 is 22.7. The van der Waals surface area contributed by atoms with Crippen molar-refractivity contribution >= 4 is 0 Å². The van der Waals surface area contributed by atoms with Crippen molar-refractivity contribution < 1.29 is 54.7 Å². The predicted molar refractivity (Wildman–Crippen MR) is 113 cm³/mol. The van der Waals surface area contributed by atoms with Gasteiger partial charge in [-0.25, -0.2) is 0 Å². The van der Waals surface area contributed by atoms with E-state index in [4.69, 9.17) is 18.9 Å². The first kappa shape index (κ1) is 27.2. The van der Waals surface area contributed by atoms with Crippen molar-refractivity contribution in [3.05, 3.63) is 0 Å². The van der Waals surface area contributed by atoms with Crippen LogP contribution in [0.3, 0.4) is 0 Å². The molecule has 0 spiro atoms. The van der Waals surface area contributed by atoms with Crippen LogP contribution in [0.15, 0.2) is 0 Å². The molecule has 11 nitrogen and oxygen atoms in total. The first-order chi connectivity index (χ1) is 15.5. The van der Waals surface area contributed by atoms with Gasteiger partial charge in [-0.05, 0) is 30.6 Å². The van der Waals surface area contributed by atoms with Crippen LogP contribution in [-0.4, -0.2) is 116 Å². The molecule has 11 heteroatoms. The second-order valence-corrected chi connectivity index (χ2v) is 10.0. The van der Waals surface area contributed by atoms with E-state index in [1.165, 1.54) is 0 Å². The number of hydrogen-bond acceptors (Lipinski definition) is 11. The molecule has 0 radical (unpaired) electrons. The summed E-state index contributed by atoms with van der Waals surface area (Å²) >= 11 is 0. The fourth-order valence-corrected chi connectivity index (χ4v) is 5.00. The number of aliphatic hydroxyl groups excluding tert-OH is 7. The van der Waals surface area contributed by atoms with E-state index in [0.29, 0.717) is 11.8 Å². The van der Waals surface area contributed by atoms with Crippen LogP contribution in [0.25, 0.3) is 0 Å². The van der Waals surface area contributed by atoms with Crippen molar-refractivity contribution in [1.82, 2.24) is 0 Å². The van der Waals surface area contributed by atoms with Crippen LogP contribution in [0.5, 0.6) is 0 Å². The first-order valence-electron chi connectivity index (χ1n) is 11.8. The van der Waals surface area contributed by atoms with E-state index >= 15 is 0 Å².